The van der Waals surface area contributed by atoms with Crippen molar-refractivity contribution in [3.8, 4) is 5.75 Å². The molecule has 0 aliphatic carbocycles. The summed E-state index contributed by atoms with van der Waals surface area (Å²) in [6.45, 7) is 2.01. The summed E-state index contributed by atoms with van der Waals surface area (Å²) >= 11 is 0. The average Bonchev–Trinajstić information content (AvgIpc) is 2.53. The van der Waals surface area contributed by atoms with E-state index in [2.05, 4.69) is 36.4 Å². The molecule has 112 valence electrons. The first-order chi connectivity index (χ1) is 10.3. The van der Waals surface area contributed by atoms with Crippen LogP contribution in [0.5, 0.6) is 5.75 Å². The van der Waals surface area contributed by atoms with E-state index in [0.29, 0.717) is 13.2 Å². The standard InChI is InChI=1S/C18H23NO2/c1-20-13-11-16-6-8-18(9-7-16)21-14-17-4-2-15(3-5-17)10-12-19/h2-9H,10-14,19H2,1H3. The molecule has 0 aliphatic heterocycles. The summed E-state index contributed by atoms with van der Waals surface area (Å²) < 4.78 is 10.9. The molecule has 0 spiro atoms. The molecule has 3 heteroatoms. The van der Waals surface area contributed by atoms with Crippen LogP contribution in [0.1, 0.15) is 16.7 Å². The zero-order valence-electron chi connectivity index (χ0n) is 12.5. The summed E-state index contributed by atoms with van der Waals surface area (Å²) in [7, 11) is 1.72. The highest BCUT2D eigenvalue weighted by Gasteiger charge is 1.98. The van der Waals surface area contributed by atoms with Gasteiger partial charge in [-0.25, -0.2) is 0 Å². The zero-order chi connectivity index (χ0) is 14.9. The van der Waals surface area contributed by atoms with Crippen molar-refractivity contribution in [3.05, 3.63) is 65.2 Å². The summed E-state index contributed by atoms with van der Waals surface area (Å²) in [6, 6.07) is 16.6. The fourth-order valence-electron chi connectivity index (χ4n) is 2.11. The lowest BCUT2D eigenvalue weighted by Gasteiger charge is -2.08. The molecule has 2 N–H and O–H groups in total. The van der Waals surface area contributed by atoms with Gasteiger partial charge in [-0.2, -0.15) is 0 Å². The lowest BCUT2D eigenvalue weighted by Crippen LogP contribution is -2.03. The molecule has 3 nitrogen and oxygen atoms in total. The van der Waals surface area contributed by atoms with Crippen molar-refractivity contribution in [2.75, 3.05) is 20.3 Å². The fourth-order valence-corrected chi connectivity index (χ4v) is 2.11. The van der Waals surface area contributed by atoms with E-state index in [1.54, 1.807) is 7.11 Å². The lowest BCUT2D eigenvalue weighted by atomic mass is 10.1. The topological polar surface area (TPSA) is 44.5 Å². The van der Waals surface area contributed by atoms with E-state index in [4.69, 9.17) is 15.2 Å². The van der Waals surface area contributed by atoms with Gasteiger partial charge in [-0.1, -0.05) is 36.4 Å². The molecule has 0 radical (unpaired) electrons. The zero-order valence-corrected chi connectivity index (χ0v) is 12.5. The van der Waals surface area contributed by atoms with Crippen LogP contribution in [0.4, 0.5) is 0 Å². The molecule has 2 aromatic carbocycles. The summed E-state index contributed by atoms with van der Waals surface area (Å²) in [6.07, 6.45) is 1.85. The van der Waals surface area contributed by atoms with E-state index < -0.39 is 0 Å². The third-order valence-electron chi connectivity index (χ3n) is 3.38. The minimum atomic E-state index is 0.584. The fraction of sp³-hybridized carbons (Fsp3) is 0.333. The van der Waals surface area contributed by atoms with Gasteiger partial charge in [0.2, 0.25) is 0 Å². The Balaban J connectivity index is 1.84. The van der Waals surface area contributed by atoms with Crippen LogP contribution in [0.25, 0.3) is 0 Å². The van der Waals surface area contributed by atoms with Crippen LogP contribution >= 0.6 is 0 Å². The molecule has 0 bridgehead atoms. The SMILES string of the molecule is COCCc1ccc(OCc2ccc(CCN)cc2)cc1. The maximum atomic E-state index is 5.80. The average molecular weight is 285 g/mol. The van der Waals surface area contributed by atoms with Crippen LogP contribution < -0.4 is 10.5 Å². The Bertz CT molecular complexity index is 520. The van der Waals surface area contributed by atoms with Crippen LogP contribution in [-0.2, 0) is 24.2 Å². The second-order valence-corrected chi connectivity index (χ2v) is 5.03. The highest BCUT2D eigenvalue weighted by atomic mass is 16.5. The Morgan fingerprint density at radius 1 is 0.810 bits per heavy atom. The van der Waals surface area contributed by atoms with Gasteiger partial charge in [0.1, 0.15) is 12.4 Å². The van der Waals surface area contributed by atoms with Crippen LogP contribution in [0.3, 0.4) is 0 Å². The molecule has 0 saturated heterocycles. The minimum Gasteiger partial charge on any atom is -0.489 e. The molecule has 0 aliphatic rings. The van der Waals surface area contributed by atoms with Gasteiger partial charge < -0.3 is 15.2 Å². The first-order valence-electron chi connectivity index (χ1n) is 7.30. The Kier molecular flexibility index (Phi) is 6.25. The van der Waals surface area contributed by atoms with Crippen molar-refractivity contribution >= 4 is 0 Å². The van der Waals surface area contributed by atoms with Crippen LogP contribution in [0, 0.1) is 0 Å². The molecule has 0 aromatic heterocycles. The molecule has 2 aromatic rings. The van der Waals surface area contributed by atoms with E-state index in [-0.39, 0.29) is 0 Å². The van der Waals surface area contributed by atoms with Gasteiger partial charge in [0, 0.05) is 7.11 Å². The first kappa shape index (κ1) is 15.5. The van der Waals surface area contributed by atoms with Gasteiger partial charge in [0.25, 0.3) is 0 Å². The predicted octanol–water partition coefficient (Wildman–Crippen LogP) is 2.96. The van der Waals surface area contributed by atoms with Crippen molar-refractivity contribution in [2.45, 2.75) is 19.4 Å². The van der Waals surface area contributed by atoms with Crippen molar-refractivity contribution in [1.82, 2.24) is 0 Å². The molecule has 21 heavy (non-hydrogen) atoms. The van der Waals surface area contributed by atoms with Crippen LogP contribution in [0.2, 0.25) is 0 Å². The lowest BCUT2D eigenvalue weighted by molar-refractivity contribution is 0.202. The Hall–Kier alpha value is -1.84. The van der Waals surface area contributed by atoms with E-state index in [9.17, 15) is 0 Å². The quantitative estimate of drug-likeness (QED) is 0.811. The number of ether oxygens (including phenoxy) is 2. The normalized spacial score (nSPS) is 10.6. The highest BCUT2D eigenvalue weighted by molar-refractivity contribution is 5.28. The summed E-state index contributed by atoms with van der Waals surface area (Å²) in [5.41, 5.74) is 9.24. The highest BCUT2D eigenvalue weighted by Crippen LogP contribution is 2.15. The maximum Gasteiger partial charge on any atom is 0.119 e. The van der Waals surface area contributed by atoms with Crippen molar-refractivity contribution < 1.29 is 9.47 Å². The Morgan fingerprint density at radius 3 is 2.00 bits per heavy atom. The molecule has 0 heterocycles. The minimum absolute atomic E-state index is 0.584. The van der Waals surface area contributed by atoms with Crippen LogP contribution in [0.15, 0.2) is 48.5 Å². The van der Waals surface area contributed by atoms with Crippen LogP contribution in [-0.4, -0.2) is 20.3 Å². The maximum absolute atomic E-state index is 5.80. The molecular formula is C18H23NO2. The third kappa shape index (κ3) is 5.21. The van der Waals surface area contributed by atoms with Gasteiger partial charge in [0.15, 0.2) is 0 Å². The van der Waals surface area contributed by atoms with Gasteiger partial charge in [-0.3, -0.25) is 0 Å². The molecule has 0 saturated carbocycles. The van der Waals surface area contributed by atoms with E-state index in [1.165, 1.54) is 16.7 Å². The number of hydrogen-bond donors (Lipinski definition) is 1. The van der Waals surface area contributed by atoms with Gasteiger partial charge in [0.05, 0.1) is 6.61 Å². The summed E-state index contributed by atoms with van der Waals surface area (Å²) in [5, 5.41) is 0. The van der Waals surface area contributed by atoms with Gasteiger partial charge in [-0.15, -0.1) is 0 Å². The molecule has 0 atom stereocenters. The Morgan fingerprint density at radius 2 is 1.38 bits per heavy atom. The molecular weight excluding hydrogens is 262 g/mol. The second kappa shape index (κ2) is 8.45. The molecule has 0 unspecified atom stereocenters. The number of benzene rings is 2. The summed E-state index contributed by atoms with van der Waals surface area (Å²) in [4.78, 5) is 0. The number of nitrogens with two attached hydrogens (primary N) is 1. The number of rotatable bonds is 8. The van der Waals surface area contributed by atoms with E-state index in [0.717, 1.165) is 25.2 Å². The smallest absolute Gasteiger partial charge is 0.119 e. The third-order valence-corrected chi connectivity index (χ3v) is 3.38. The Labute approximate surface area is 126 Å². The number of hydrogen-bond acceptors (Lipinski definition) is 3. The molecule has 0 amide bonds. The first-order valence-corrected chi connectivity index (χ1v) is 7.30. The second-order valence-electron chi connectivity index (χ2n) is 5.03. The van der Waals surface area contributed by atoms with Crippen molar-refractivity contribution in [2.24, 2.45) is 5.73 Å². The number of methoxy groups -OCH3 is 1. The predicted molar refractivity (Wildman–Crippen MR) is 85.6 cm³/mol. The van der Waals surface area contributed by atoms with Crippen molar-refractivity contribution in [1.29, 1.82) is 0 Å². The largest absolute Gasteiger partial charge is 0.489 e. The van der Waals surface area contributed by atoms with Gasteiger partial charge >= 0.3 is 0 Å². The van der Waals surface area contributed by atoms with E-state index >= 15 is 0 Å². The van der Waals surface area contributed by atoms with Gasteiger partial charge in [-0.05, 0) is 48.2 Å². The monoisotopic (exact) mass is 285 g/mol. The molecule has 0 fully saturated rings. The van der Waals surface area contributed by atoms with Crippen molar-refractivity contribution in [3.63, 3.8) is 0 Å². The molecule has 2 rings (SSSR count). The van der Waals surface area contributed by atoms with E-state index in [1.807, 2.05) is 12.1 Å². The summed E-state index contributed by atoms with van der Waals surface area (Å²) in [5.74, 6) is 0.891.